The summed E-state index contributed by atoms with van der Waals surface area (Å²) in [5.41, 5.74) is -0.532. The van der Waals surface area contributed by atoms with E-state index in [1.165, 1.54) is 25.7 Å². The molecule has 4 nitrogen and oxygen atoms in total. The van der Waals surface area contributed by atoms with Crippen LogP contribution in [0.5, 0.6) is 0 Å². The third-order valence-corrected chi connectivity index (χ3v) is 4.47. The number of carbonyl (C=O) groups excluding carboxylic acids is 1. The predicted molar refractivity (Wildman–Crippen MR) is 76.4 cm³/mol. The van der Waals surface area contributed by atoms with E-state index in [1.807, 2.05) is 25.8 Å². The van der Waals surface area contributed by atoms with E-state index < -0.39 is 5.54 Å². The first-order valence-electron chi connectivity index (χ1n) is 6.76. The Balaban J connectivity index is 2.02. The minimum atomic E-state index is -0.532. The van der Waals surface area contributed by atoms with Crippen LogP contribution in [0, 0.1) is 0 Å². The number of nitrogens with zero attached hydrogens (tertiary/aromatic N) is 2. The highest BCUT2D eigenvalue weighted by atomic mass is 32.1. The third kappa shape index (κ3) is 2.46. The molecule has 5 heteroatoms. The number of piperazine rings is 1. The first-order chi connectivity index (χ1) is 8.43. The van der Waals surface area contributed by atoms with Gasteiger partial charge in [0, 0.05) is 26.2 Å². The molecule has 2 rings (SSSR count). The van der Waals surface area contributed by atoms with Crippen molar-refractivity contribution in [1.82, 2.24) is 15.1 Å². The van der Waals surface area contributed by atoms with Crippen molar-refractivity contribution in [2.75, 3.05) is 20.1 Å². The van der Waals surface area contributed by atoms with E-state index >= 15 is 0 Å². The number of rotatable bonds is 1. The second kappa shape index (κ2) is 5.03. The maximum absolute atomic E-state index is 12.2. The normalized spacial score (nSPS) is 24.5. The lowest BCUT2D eigenvalue weighted by molar-refractivity contribution is -0.143. The van der Waals surface area contributed by atoms with Gasteiger partial charge in [-0.3, -0.25) is 4.79 Å². The lowest BCUT2D eigenvalue weighted by Gasteiger charge is -2.46. The van der Waals surface area contributed by atoms with Crippen molar-refractivity contribution in [3.63, 3.8) is 0 Å². The summed E-state index contributed by atoms with van der Waals surface area (Å²) in [6.45, 7) is 5.46. The molecule has 1 aliphatic heterocycles. The zero-order chi connectivity index (χ0) is 13.3. The number of hydrogen-bond donors (Lipinski definition) is 1. The molecule has 0 atom stereocenters. The van der Waals surface area contributed by atoms with Crippen LogP contribution in [0.25, 0.3) is 0 Å². The Hall–Kier alpha value is -0.840. The van der Waals surface area contributed by atoms with Crippen molar-refractivity contribution in [3.05, 3.63) is 0 Å². The van der Waals surface area contributed by atoms with Gasteiger partial charge in [-0.05, 0) is 38.9 Å². The highest BCUT2D eigenvalue weighted by molar-refractivity contribution is 7.80. The van der Waals surface area contributed by atoms with E-state index in [0.29, 0.717) is 6.04 Å². The van der Waals surface area contributed by atoms with Gasteiger partial charge in [-0.15, -0.1) is 0 Å². The zero-order valence-corrected chi connectivity index (χ0v) is 12.3. The first kappa shape index (κ1) is 13.6. The SMILES string of the molecule is CN1CCN(C(=S)NC2CCCC2)C(C)(C)C1=O. The van der Waals surface area contributed by atoms with Gasteiger partial charge in [-0.25, -0.2) is 0 Å². The van der Waals surface area contributed by atoms with E-state index in [1.54, 1.807) is 4.90 Å². The number of amides is 1. The summed E-state index contributed by atoms with van der Waals surface area (Å²) >= 11 is 5.50. The van der Waals surface area contributed by atoms with Crippen LogP contribution in [0.2, 0.25) is 0 Å². The van der Waals surface area contributed by atoms with Gasteiger partial charge in [0.1, 0.15) is 5.54 Å². The van der Waals surface area contributed by atoms with Crippen molar-refractivity contribution in [1.29, 1.82) is 0 Å². The Morgan fingerprint density at radius 2 is 1.94 bits per heavy atom. The number of likely N-dealkylation sites (N-methyl/N-ethyl adjacent to an activating group) is 1. The van der Waals surface area contributed by atoms with Crippen LogP contribution in [0.15, 0.2) is 0 Å². The van der Waals surface area contributed by atoms with Gasteiger partial charge in [-0.1, -0.05) is 12.8 Å². The molecule has 1 heterocycles. The summed E-state index contributed by atoms with van der Waals surface area (Å²) in [7, 11) is 1.86. The van der Waals surface area contributed by atoms with E-state index in [2.05, 4.69) is 5.32 Å². The van der Waals surface area contributed by atoms with Gasteiger partial charge in [0.25, 0.3) is 0 Å². The van der Waals surface area contributed by atoms with Crippen LogP contribution in [0.1, 0.15) is 39.5 Å². The predicted octanol–water partition coefficient (Wildman–Crippen LogP) is 1.36. The fraction of sp³-hybridized carbons (Fsp3) is 0.846. The third-order valence-electron chi connectivity index (χ3n) is 4.13. The maximum Gasteiger partial charge on any atom is 0.247 e. The van der Waals surface area contributed by atoms with Gasteiger partial charge < -0.3 is 15.1 Å². The average molecular weight is 269 g/mol. The van der Waals surface area contributed by atoms with Gasteiger partial charge in [-0.2, -0.15) is 0 Å². The van der Waals surface area contributed by atoms with E-state index in [-0.39, 0.29) is 5.91 Å². The molecule has 2 fully saturated rings. The van der Waals surface area contributed by atoms with Crippen LogP contribution in [0.4, 0.5) is 0 Å². The molecule has 0 aromatic heterocycles. The van der Waals surface area contributed by atoms with E-state index in [9.17, 15) is 4.79 Å². The number of carbonyl (C=O) groups is 1. The van der Waals surface area contributed by atoms with E-state index in [4.69, 9.17) is 12.2 Å². The Labute approximate surface area is 115 Å². The fourth-order valence-corrected chi connectivity index (χ4v) is 3.38. The minimum absolute atomic E-state index is 0.143. The topological polar surface area (TPSA) is 35.6 Å². The lowest BCUT2D eigenvalue weighted by atomic mass is 9.98. The average Bonchev–Trinajstić information content (AvgIpc) is 2.78. The molecule has 0 aromatic rings. The highest BCUT2D eigenvalue weighted by Crippen LogP contribution is 2.23. The molecule has 1 saturated carbocycles. The Morgan fingerprint density at radius 1 is 1.33 bits per heavy atom. The van der Waals surface area contributed by atoms with Gasteiger partial charge in [0.15, 0.2) is 5.11 Å². The number of hydrogen-bond acceptors (Lipinski definition) is 2. The van der Waals surface area contributed by atoms with Gasteiger partial charge >= 0.3 is 0 Å². The molecule has 102 valence electrons. The molecule has 18 heavy (non-hydrogen) atoms. The molecule has 1 saturated heterocycles. The summed E-state index contributed by atoms with van der Waals surface area (Å²) < 4.78 is 0. The molecular weight excluding hydrogens is 246 g/mol. The number of nitrogens with one attached hydrogen (secondary N) is 1. The first-order valence-corrected chi connectivity index (χ1v) is 7.17. The molecule has 2 aliphatic rings. The van der Waals surface area contributed by atoms with Gasteiger partial charge in [0.2, 0.25) is 5.91 Å². The molecule has 0 spiro atoms. The Kier molecular flexibility index (Phi) is 3.80. The smallest absolute Gasteiger partial charge is 0.247 e. The molecule has 1 amide bonds. The molecule has 0 unspecified atom stereocenters. The van der Waals surface area contributed by atoms with Crippen LogP contribution in [-0.2, 0) is 4.79 Å². The van der Waals surface area contributed by atoms with Gasteiger partial charge in [0.05, 0.1) is 0 Å². The molecule has 0 aromatic carbocycles. The molecule has 1 N–H and O–H groups in total. The summed E-state index contributed by atoms with van der Waals surface area (Å²) in [5.74, 6) is 0.143. The second-order valence-corrected chi connectivity index (χ2v) is 6.25. The Morgan fingerprint density at radius 3 is 2.56 bits per heavy atom. The molecule has 0 bridgehead atoms. The van der Waals surface area contributed by atoms with Crippen molar-refractivity contribution in [2.24, 2.45) is 0 Å². The lowest BCUT2D eigenvalue weighted by Crippen LogP contribution is -2.65. The molecule has 0 radical (unpaired) electrons. The minimum Gasteiger partial charge on any atom is -0.360 e. The molecular formula is C13H23N3OS. The summed E-state index contributed by atoms with van der Waals surface area (Å²) in [6.07, 6.45) is 4.96. The zero-order valence-electron chi connectivity index (χ0n) is 11.5. The number of thiocarbonyl (C=S) groups is 1. The van der Waals surface area contributed by atoms with Crippen LogP contribution in [0.3, 0.4) is 0 Å². The molecule has 1 aliphatic carbocycles. The standard InChI is InChI=1S/C13H23N3OS/c1-13(2)11(17)15(3)8-9-16(13)12(18)14-10-6-4-5-7-10/h10H,4-9H2,1-3H3,(H,14,18). The summed E-state index contributed by atoms with van der Waals surface area (Å²) in [4.78, 5) is 16.0. The summed E-state index contributed by atoms with van der Waals surface area (Å²) in [6, 6.07) is 0.503. The second-order valence-electron chi connectivity index (χ2n) is 5.87. The van der Waals surface area contributed by atoms with Crippen molar-refractivity contribution < 1.29 is 4.79 Å². The maximum atomic E-state index is 12.2. The monoisotopic (exact) mass is 269 g/mol. The van der Waals surface area contributed by atoms with Crippen LogP contribution < -0.4 is 5.32 Å². The Bertz CT molecular complexity index is 350. The highest BCUT2D eigenvalue weighted by Gasteiger charge is 2.41. The van der Waals surface area contributed by atoms with E-state index in [0.717, 1.165) is 18.2 Å². The van der Waals surface area contributed by atoms with Crippen LogP contribution in [-0.4, -0.2) is 52.5 Å². The van der Waals surface area contributed by atoms with Crippen molar-refractivity contribution in [3.8, 4) is 0 Å². The summed E-state index contributed by atoms with van der Waals surface area (Å²) in [5, 5.41) is 4.17. The fourth-order valence-electron chi connectivity index (χ4n) is 2.89. The van der Waals surface area contributed by atoms with Crippen LogP contribution >= 0.6 is 12.2 Å². The quantitative estimate of drug-likeness (QED) is 0.729. The van der Waals surface area contributed by atoms with Crippen molar-refractivity contribution in [2.45, 2.75) is 51.1 Å². The largest absolute Gasteiger partial charge is 0.360 e. The van der Waals surface area contributed by atoms with Crippen molar-refractivity contribution >= 4 is 23.2 Å².